The van der Waals surface area contributed by atoms with Gasteiger partial charge in [0.15, 0.2) is 0 Å². The highest BCUT2D eigenvalue weighted by Crippen LogP contribution is 2.17. The molecule has 0 heterocycles. The second-order valence-electron chi connectivity index (χ2n) is 6.41. The smallest absolute Gasteiger partial charge is 0.269 e. The summed E-state index contributed by atoms with van der Waals surface area (Å²) in [6.45, 7) is 1.88. The van der Waals surface area contributed by atoms with Crippen LogP contribution in [0.5, 0.6) is 0 Å². The summed E-state index contributed by atoms with van der Waals surface area (Å²) in [4.78, 5) is 24.2. The van der Waals surface area contributed by atoms with Crippen LogP contribution in [0.2, 0.25) is 0 Å². The minimum Gasteiger partial charge on any atom is -0.280 e. The molecule has 0 radical (unpaired) electrons. The van der Waals surface area contributed by atoms with Gasteiger partial charge in [0.05, 0.1) is 4.90 Å². The lowest BCUT2D eigenvalue weighted by molar-refractivity contribution is 0.0846. The Morgan fingerprint density at radius 2 is 1.40 bits per heavy atom. The maximum Gasteiger partial charge on any atom is 0.269 e. The second-order valence-corrected chi connectivity index (χ2v) is 8.10. The van der Waals surface area contributed by atoms with Gasteiger partial charge in [0, 0.05) is 16.8 Å². The van der Waals surface area contributed by atoms with Gasteiger partial charge in [0.1, 0.15) is 5.82 Å². The molecule has 0 bridgehead atoms. The Hall–Kier alpha value is -3.72. The van der Waals surface area contributed by atoms with Gasteiger partial charge in [-0.1, -0.05) is 23.8 Å². The van der Waals surface area contributed by atoms with Crippen LogP contribution in [0.25, 0.3) is 0 Å². The quantitative estimate of drug-likeness (QED) is 0.545. The van der Waals surface area contributed by atoms with Crippen LogP contribution in [0.4, 0.5) is 10.1 Å². The van der Waals surface area contributed by atoms with Crippen molar-refractivity contribution in [3.63, 3.8) is 0 Å². The Morgan fingerprint density at radius 1 is 0.800 bits per heavy atom. The van der Waals surface area contributed by atoms with Gasteiger partial charge in [0.2, 0.25) is 0 Å². The fraction of sp³-hybridized carbons (Fsp3) is 0.0476. The molecule has 154 valence electrons. The normalized spacial score (nSPS) is 10.9. The molecular weight excluding hydrogens is 409 g/mol. The number of carbonyl (C=O) groups is 2. The van der Waals surface area contributed by atoms with E-state index in [1.807, 2.05) is 6.92 Å². The van der Waals surface area contributed by atoms with Gasteiger partial charge in [-0.3, -0.25) is 25.2 Å². The lowest BCUT2D eigenvalue weighted by Crippen LogP contribution is -2.41. The average molecular weight is 427 g/mol. The largest absolute Gasteiger partial charge is 0.280 e. The molecule has 9 heteroatoms. The van der Waals surface area contributed by atoms with E-state index in [1.165, 1.54) is 36.4 Å². The monoisotopic (exact) mass is 427 g/mol. The zero-order chi connectivity index (χ0) is 21.7. The Morgan fingerprint density at radius 3 is 2.03 bits per heavy atom. The number of carbonyl (C=O) groups excluding carboxylic acids is 2. The first-order valence-corrected chi connectivity index (χ1v) is 10.3. The summed E-state index contributed by atoms with van der Waals surface area (Å²) >= 11 is 0. The lowest BCUT2D eigenvalue weighted by atomic mass is 10.2. The molecule has 3 aromatic rings. The predicted molar refractivity (Wildman–Crippen MR) is 110 cm³/mol. The van der Waals surface area contributed by atoms with Crippen molar-refractivity contribution in [3.05, 3.63) is 95.3 Å². The zero-order valence-electron chi connectivity index (χ0n) is 15.8. The number of anilines is 1. The molecule has 3 N–H and O–H groups in total. The van der Waals surface area contributed by atoms with Gasteiger partial charge in [-0.25, -0.2) is 12.8 Å². The predicted octanol–water partition coefficient (Wildman–Crippen LogP) is 3.01. The molecule has 7 nitrogen and oxygen atoms in total. The molecule has 0 saturated carbocycles. The fourth-order valence-electron chi connectivity index (χ4n) is 2.50. The molecule has 0 aromatic heterocycles. The first kappa shape index (κ1) is 21.0. The summed E-state index contributed by atoms with van der Waals surface area (Å²) in [5, 5.41) is 0. The van der Waals surface area contributed by atoms with Crippen molar-refractivity contribution >= 4 is 27.5 Å². The van der Waals surface area contributed by atoms with Gasteiger partial charge in [-0.2, -0.15) is 0 Å². The van der Waals surface area contributed by atoms with E-state index >= 15 is 0 Å². The van der Waals surface area contributed by atoms with Crippen molar-refractivity contribution in [2.45, 2.75) is 11.8 Å². The Bertz CT molecular complexity index is 1180. The van der Waals surface area contributed by atoms with Crippen LogP contribution in [-0.4, -0.2) is 20.2 Å². The van der Waals surface area contributed by atoms with E-state index in [9.17, 15) is 22.4 Å². The molecule has 3 aromatic carbocycles. The fourth-order valence-corrected chi connectivity index (χ4v) is 3.60. The molecule has 2 amide bonds. The van der Waals surface area contributed by atoms with Crippen molar-refractivity contribution in [2.75, 3.05) is 4.72 Å². The molecule has 0 fully saturated rings. The minimum absolute atomic E-state index is 0.0289. The number of hydrogen-bond acceptors (Lipinski definition) is 4. The van der Waals surface area contributed by atoms with E-state index in [4.69, 9.17) is 0 Å². The standard InChI is InChI=1S/C21H18FN3O4S/c1-14-5-11-18(12-6-14)25-30(28,29)19-4-2-3-16(13-19)21(27)24-23-20(26)15-7-9-17(22)10-8-15/h2-13,25H,1H3,(H,23,26)(H,24,27). The number of halogens is 1. The molecule has 0 aliphatic carbocycles. The number of hydrogen-bond donors (Lipinski definition) is 3. The van der Waals surface area contributed by atoms with Crippen molar-refractivity contribution in [3.8, 4) is 0 Å². The maximum atomic E-state index is 12.9. The zero-order valence-corrected chi connectivity index (χ0v) is 16.7. The molecular formula is C21H18FN3O4S. The Balaban J connectivity index is 1.69. The van der Waals surface area contributed by atoms with Gasteiger partial charge in [-0.15, -0.1) is 0 Å². The van der Waals surface area contributed by atoms with E-state index in [1.54, 1.807) is 24.3 Å². The first-order valence-electron chi connectivity index (χ1n) is 8.80. The molecule has 30 heavy (non-hydrogen) atoms. The summed E-state index contributed by atoms with van der Waals surface area (Å²) in [6, 6.07) is 16.9. The Labute approximate surface area is 173 Å². The topological polar surface area (TPSA) is 104 Å². The third-order valence-electron chi connectivity index (χ3n) is 4.11. The van der Waals surface area contributed by atoms with Gasteiger partial charge in [-0.05, 0) is 61.5 Å². The molecule has 0 aliphatic rings. The molecule has 3 rings (SSSR count). The minimum atomic E-state index is -3.91. The van der Waals surface area contributed by atoms with E-state index in [0.717, 1.165) is 17.7 Å². The van der Waals surface area contributed by atoms with Crippen LogP contribution < -0.4 is 15.6 Å². The van der Waals surface area contributed by atoms with Crippen LogP contribution in [0, 0.1) is 12.7 Å². The van der Waals surface area contributed by atoms with Gasteiger partial charge in [0.25, 0.3) is 21.8 Å². The van der Waals surface area contributed by atoms with Crippen LogP contribution in [0.3, 0.4) is 0 Å². The molecule has 0 spiro atoms. The summed E-state index contributed by atoms with van der Waals surface area (Å²) in [5.41, 5.74) is 5.95. The summed E-state index contributed by atoms with van der Waals surface area (Å²) in [5.74, 6) is -1.85. The number of nitrogens with one attached hydrogen (secondary N) is 3. The van der Waals surface area contributed by atoms with Crippen LogP contribution in [0.1, 0.15) is 26.3 Å². The van der Waals surface area contributed by atoms with E-state index in [0.29, 0.717) is 5.69 Å². The van der Waals surface area contributed by atoms with Crippen LogP contribution in [-0.2, 0) is 10.0 Å². The van der Waals surface area contributed by atoms with Crippen molar-refractivity contribution in [1.82, 2.24) is 10.9 Å². The highest BCUT2D eigenvalue weighted by atomic mass is 32.2. The summed E-state index contributed by atoms with van der Waals surface area (Å²) < 4.78 is 40.6. The molecule has 0 aliphatic heterocycles. The number of sulfonamides is 1. The molecule has 0 atom stereocenters. The lowest BCUT2D eigenvalue weighted by Gasteiger charge is -2.11. The van der Waals surface area contributed by atoms with Crippen LogP contribution >= 0.6 is 0 Å². The van der Waals surface area contributed by atoms with Gasteiger partial charge >= 0.3 is 0 Å². The number of aryl methyl sites for hydroxylation is 1. The third-order valence-corrected chi connectivity index (χ3v) is 5.49. The highest BCUT2D eigenvalue weighted by molar-refractivity contribution is 7.92. The summed E-state index contributed by atoms with van der Waals surface area (Å²) in [7, 11) is -3.91. The number of benzene rings is 3. The second kappa shape index (κ2) is 8.75. The SMILES string of the molecule is Cc1ccc(NS(=O)(=O)c2cccc(C(=O)NNC(=O)c3ccc(F)cc3)c2)cc1. The number of amides is 2. The third kappa shape index (κ3) is 5.21. The summed E-state index contributed by atoms with van der Waals surface area (Å²) in [6.07, 6.45) is 0. The Kier molecular flexibility index (Phi) is 6.12. The first-order chi connectivity index (χ1) is 14.2. The van der Waals surface area contributed by atoms with Crippen molar-refractivity contribution in [1.29, 1.82) is 0 Å². The average Bonchev–Trinajstić information content (AvgIpc) is 2.74. The van der Waals surface area contributed by atoms with Gasteiger partial charge < -0.3 is 0 Å². The van der Waals surface area contributed by atoms with E-state index < -0.39 is 27.7 Å². The maximum absolute atomic E-state index is 12.9. The molecule has 0 saturated heterocycles. The van der Waals surface area contributed by atoms with Crippen molar-refractivity contribution in [2.24, 2.45) is 0 Å². The van der Waals surface area contributed by atoms with E-state index in [2.05, 4.69) is 15.6 Å². The number of rotatable bonds is 5. The van der Waals surface area contributed by atoms with E-state index in [-0.39, 0.29) is 16.0 Å². The molecule has 0 unspecified atom stereocenters. The van der Waals surface area contributed by atoms with Crippen molar-refractivity contribution < 1.29 is 22.4 Å². The number of hydrazine groups is 1. The van der Waals surface area contributed by atoms with Crippen LogP contribution in [0.15, 0.2) is 77.7 Å². The highest BCUT2D eigenvalue weighted by Gasteiger charge is 2.17.